The van der Waals surface area contributed by atoms with Crippen LogP contribution in [0.2, 0.25) is 0 Å². The van der Waals surface area contributed by atoms with Gasteiger partial charge in [-0.1, -0.05) is 0 Å². The Labute approximate surface area is 115 Å². The molecule has 0 saturated carbocycles. The van der Waals surface area contributed by atoms with Gasteiger partial charge >= 0.3 is 0 Å². The van der Waals surface area contributed by atoms with E-state index in [0.717, 1.165) is 24.5 Å². The van der Waals surface area contributed by atoms with Crippen LogP contribution in [0.5, 0.6) is 0 Å². The number of rotatable bonds is 3. The average molecular weight is 261 g/mol. The summed E-state index contributed by atoms with van der Waals surface area (Å²) in [5.41, 5.74) is 0.953. The fourth-order valence-electron chi connectivity index (χ4n) is 3.22. The molecule has 0 aliphatic carbocycles. The zero-order chi connectivity index (χ0) is 13.2. The van der Waals surface area contributed by atoms with Crippen LogP contribution in [0, 0.1) is 0 Å². The maximum atomic E-state index is 9.66. The molecule has 19 heavy (non-hydrogen) atoms. The predicted molar refractivity (Wildman–Crippen MR) is 76.3 cm³/mol. The van der Waals surface area contributed by atoms with Crippen molar-refractivity contribution in [2.24, 2.45) is 0 Å². The first-order valence-electron chi connectivity index (χ1n) is 7.37. The third-order valence-corrected chi connectivity index (χ3v) is 4.40. The van der Waals surface area contributed by atoms with Crippen molar-refractivity contribution in [3.8, 4) is 0 Å². The Hall–Kier alpha value is -1.13. The van der Waals surface area contributed by atoms with Gasteiger partial charge in [0, 0.05) is 25.3 Å². The van der Waals surface area contributed by atoms with E-state index in [1.807, 2.05) is 12.1 Å². The zero-order valence-electron chi connectivity index (χ0n) is 11.6. The maximum Gasteiger partial charge on any atom is 0.128 e. The fourth-order valence-corrected chi connectivity index (χ4v) is 3.22. The van der Waals surface area contributed by atoms with Gasteiger partial charge in [-0.3, -0.25) is 4.90 Å². The first-order chi connectivity index (χ1) is 9.24. The Morgan fingerprint density at radius 3 is 2.84 bits per heavy atom. The van der Waals surface area contributed by atoms with Crippen molar-refractivity contribution in [3.63, 3.8) is 0 Å². The Bertz CT molecular complexity index is 429. The Morgan fingerprint density at radius 2 is 2.11 bits per heavy atom. The number of hydrogen-bond acceptors (Lipinski definition) is 4. The van der Waals surface area contributed by atoms with Crippen molar-refractivity contribution in [3.05, 3.63) is 23.9 Å². The highest BCUT2D eigenvalue weighted by Gasteiger charge is 2.29. The number of pyridine rings is 1. The molecule has 0 radical (unpaired) electrons. The van der Waals surface area contributed by atoms with Crippen LogP contribution in [0.15, 0.2) is 18.3 Å². The van der Waals surface area contributed by atoms with Crippen molar-refractivity contribution >= 4 is 5.82 Å². The summed E-state index contributed by atoms with van der Waals surface area (Å²) < 4.78 is 0. The highest BCUT2D eigenvalue weighted by Crippen LogP contribution is 2.25. The molecule has 0 spiro atoms. The summed E-state index contributed by atoms with van der Waals surface area (Å²) >= 11 is 0. The largest absolute Gasteiger partial charge is 0.389 e. The van der Waals surface area contributed by atoms with E-state index in [1.54, 1.807) is 13.1 Å². The van der Waals surface area contributed by atoms with E-state index in [4.69, 9.17) is 0 Å². The molecule has 2 saturated heterocycles. The van der Waals surface area contributed by atoms with Crippen molar-refractivity contribution < 1.29 is 5.11 Å². The number of nitrogens with zero attached hydrogens (tertiary/aromatic N) is 3. The molecule has 2 atom stereocenters. The first kappa shape index (κ1) is 12.9. The van der Waals surface area contributed by atoms with Gasteiger partial charge in [-0.25, -0.2) is 4.98 Å². The standard InChI is InChI=1S/C15H23N3O/c1-12(19)13-4-6-16-15(10-13)18-9-5-14(11-18)17-7-2-3-8-17/h4,6,10,12,14,19H,2-3,5,7-9,11H2,1H3. The van der Waals surface area contributed by atoms with Gasteiger partial charge in [0.15, 0.2) is 0 Å². The minimum absolute atomic E-state index is 0.418. The lowest BCUT2D eigenvalue weighted by atomic mass is 10.2. The third-order valence-electron chi connectivity index (χ3n) is 4.40. The molecule has 1 aromatic rings. The Kier molecular flexibility index (Phi) is 3.71. The van der Waals surface area contributed by atoms with Crippen molar-refractivity contribution in [2.75, 3.05) is 31.1 Å². The molecule has 2 fully saturated rings. The lowest BCUT2D eigenvalue weighted by Gasteiger charge is -2.24. The maximum absolute atomic E-state index is 9.66. The van der Waals surface area contributed by atoms with E-state index < -0.39 is 6.10 Å². The summed E-state index contributed by atoms with van der Waals surface area (Å²) in [7, 11) is 0. The topological polar surface area (TPSA) is 39.6 Å². The van der Waals surface area contributed by atoms with Crippen LogP contribution < -0.4 is 4.90 Å². The minimum Gasteiger partial charge on any atom is -0.389 e. The van der Waals surface area contributed by atoms with Gasteiger partial charge in [0.25, 0.3) is 0 Å². The number of hydrogen-bond donors (Lipinski definition) is 1. The molecule has 4 heteroatoms. The van der Waals surface area contributed by atoms with E-state index >= 15 is 0 Å². The summed E-state index contributed by atoms with van der Waals surface area (Å²) in [5.74, 6) is 1.01. The molecule has 4 nitrogen and oxygen atoms in total. The average Bonchev–Trinajstić information content (AvgIpc) is 3.09. The van der Waals surface area contributed by atoms with Gasteiger partial charge in [0.2, 0.25) is 0 Å². The number of anilines is 1. The quantitative estimate of drug-likeness (QED) is 0.901. The molecule has 3 rings (SSSR count). The summed E-state index contributed by atoms with van der Waals surface area (Å²) in [6.45, 7) is 6.49. The van der Waals surface area contributed by atoms with E-state index in [1.165, 1.54) is 32.4 Å². The van der Waals surface area contributed by atoms with Crippen LogP contribution in [0.25, 0.3) is 0 Å². The molecular weight excluding hydrogens is 238 g/mol. The summed E-state index contributed by atoms with van der Waals surface area (Å²) in [4.78, 5) is 9.44. The second kappa shape index (κ2) is 5.47. The fraction of sp³-hybridized carbons (Fsp3) is 0.667. The lowest BCUT2D eigenvalue weighted by Crippen LogP contribution is -2.35. The molecule has 0 bridgehead atoms. The number of aromatic nitrogens is 1. The number of aliphatic hydroxyl groups excluding tert-OH is 1. The van der Waals surface area contributed by atoms with Crippen LogP contribution in [0.4, 0.5) is 5.82 Å². The van der Waals surface area contributed by atoms with Gasteiger partial charge in [0.05, 0.1) is 6.10 Å². The van der Waals surface area contributed by atoms with Gasteiger partial charge in [-0.05, 0) is 57.0 Å². The third kappa shape index (κ3) is 2.74. The normalized spacial score (nSPS) is 26.0. The molecule has 3 heterocycles. The van der Waals surface area contributed by atoms with Crippen LogP contribution in [0.3, 0.4) is 0 Å². The second-order valence-electron chi connectivity index (χ2n) is 5.75. The van der Waals surface area contributed by atoms with E-state index in [0.29, 0.717) is 6.04 Å². The number of likely N-dealkylation sites (tertiary alicyclic amines) is 1. The summed E-state index contributed by atoms with van der Waals surface area (Å²) in [6, 6.07) is 4.61. The Balaban J connectivity index is 1.68. The van der Waals surface area contributed by atoms with Crippen LogP contribution in [0.1, 0.15) is 37.9 Å². The highest BCUT2D eigenvalue weighted by molar-refractivity contribution is 5.43. The SMILES string of the molecule is CC(O)c1ccnc(N2CCC(N3CCCC3)C2)c1. The molecule has 1 aromatic heterocycles. The van der Waals surface area contributed by atoms with Gasteiger partial charge < -0.3 is 10.0 Å². The van der Waals surface area contributed by atoms with Crippen LogP contribution >= 0.6 is 0 Å². The minimum atomic E-state index is -0.418. The lowest BCUT2D eigenvalue weighted by molar-refractivity contribution is 0.199. The smallest absolute Gasteiger partial charge is 0.128 e. The van der Waals surface area contributed by atoms with E-state index in [9.17, 15) is 5.11 Å². The van der Waals surface area contributed by atoms with Crippen LogP contribution in [-0.4, -0.2) is 47.2 Å². The van der Waals surface area contributed by atoms with Crippen molar-refractivity contribution in [2.45, 2.75) is 38.3 Å². The van der Waals surface area contributed by atoms with Gasteiger partial charge in [-0.2, -0.15) is 0 Å². The zero-order valence-corrected chi connectivity index (χ0v) is 11.6. The first-order valence-corrected chi connectivity index (χ1v) is 7.37. The van der Waals surface area contributed by atoms with Gasteiger partial charge in [0.1, 0.15) is 5.82 Å². The van der Waals surface area contributed by atoms with Crippen LogP contribution in [-0.2, 0) is 0 Å². The highest BCUT2D eigenvalue weighted by atomic mass is 16.3. The van der Waals surface area contributed by atoms with Gasteiger partial charge in [-0.15, -0.1) is 0 Å². The monoisotopic (exact) mass is 261 g/mol. The molecule has 104 valence electrons. The molecule has 2 unspecified atom stereocenters. The van der Waals surface area contributed by atoms with E-state index in [-0.39, 0.29) is 0 Å². The molecule has 0 aromatic carbocycles. The molecule has 2 aliphatic rings. The molecule has 0 amide bonds. The summed E-state index contributed by atoms with van der Waals surface area (Å²) in [6.07, 6.45) is 5.33. The second-order valence-corrected chi connectivity index (χ2v) is 5.75. The summed E-state index contributed by atoms with van der Waals surface area (Å²) in [5, 5.41) is 9.66. The molecule has 1 N–H and O–H groups in total. The molecule has 2 aliphatic heterocycles. The van der Waals surface area contributed by atoms with E-state index in [2.05, 4.69) is 14.8 Å². The van der Waals surface area contributed by atoms with Crippen molar-refractivity contribution in [1.29, 1.82) is 0 Å². The van der Waals surface area contributed by atoms with Crippen molar-refractivity contribution in [1.82, 2.24) is 9.88 Å². The Morgan fingerprint density at radius 1 is 1.32 bits per heavy atom. The molecular formula is C15H23N3O. The predicted octanol–water partition coefficient (Wildman–Crippen LogP) is 1.81. The number of aliphatic hydroxyl groups is 1.